The van der Waals surface area contributed by atoms with E-state index in [0.29, 0.717) is 5.76 Å². The summed E-state index contributed by atoms with van der Waals surface area (Å²) >= 11 is 0. The van der Waals surface area contributed by atoms with E-state index in [1.54, 1.807) is 11.7 Å². The standard InChI is InChI=1S/C19H16N2O3/c22-19(21-23)18-16(12-5-2-1-3-6-12)17(18)14-8-4-7-13(9-14)15-10-20-11-24-15/h1-11,16-18,23H,(H,21,22). The average molecular weight is 320 g/mol. The number of hydrogen-bond donors (Lipinski definition) is 2. The fourth-order valence-electron chi connectivity index (χ4n) is 3.47. The lowest BCUT2D eigenvalue weighted by molar-refractivity contribution is -0.130. The third-order valence-corrected chi connectivity index (χ3v) is 4.61. The molecule has 3 unspecified atom stereocenters. The molecule has 1 aliphatic carbocycles. The second kappa shape index (κ2) is 5.94. The van der Waals surface area contributed by atoms with E-state index in [1.807, 2.05) is 54.6 Å². The van der Waals surface area contributed by atoms with Gasteiger partial charge in [-0.15, -0.1) is 0 Å². The third-order valence-electron chi connectivity index (χ3n) is 4.61. The number of rotatable bonds is 4. The van der Waals surface area contributed by atoms with E-state index in [9.17, 15) is 4.79 Å². The van der Waals surface area contributed by atoms with Crippen LogP contribution in [0.4, 0.5) is 0 Å². The van der Waals surface area contributed by atoms with Gasteiger partial charge in [0.2, 0.25) is 5.91 Å². The van der Waals surface area contributed by atoms with E-state index in [4.69, 9.17) is 9.62 Å². The molecule has 0 saturated heterocycles. The van der Waals surface area contributed by atoms with E-state index in [1.165, 1.54) is 6.39 Å². The van der Waals surface area contributed by atoms with Crippen LogP contribution in [0.3, 0.4) is 0 Å². The molecule has 0 bridgehead atoms. The Morgan fingerprint density at radius 3 is 2.50 bits per heavy atom. The number of aromatic nitrogens is 1. The van der Waals surface area contributed by atoms with Crippen molar-refractivity contribution in [2.45, 2.75) is 11.8 Å². The fourth-order valence-corrected chi connectivity index (χ4v) is 3.47. The van der Waals surface area contributed by atoms with Crippen LogP contribution in [0.5, 0.6) is 0 Å². The van der Waals surface area contributed by atoms with Crippen LogP contribution in [0.25, 0.3) is 11.3 Å². The zero-order chi connectivity index (χ0) is 16.5. The van der Waals surface area contributed by atoms with E-state index in [0.717, 1.165) is 16.7 Å². The minimum Gasteiger partial charge on any atom is -0.444 e. The zero-order valence-corrected chi connectivity index (χ0v) is 12.8. The number of carbonyl (C=O) groups excluding carboxylic acids is 1. The topological polar surface area (TPSA) is 75.4 Å². The number of benzene rings is 2. The molecule has 24 heavy (non-hydrogen) atoms. The third kappa shape index (κ3) is 2.49. The SMILES string of the molecule is O=C(NO)C1C(c2ccccc2)C1c1cccc(-c2cnco2)c1. The van der Waals surface area contributed by atoms with Gasteiger partial charge in [-0.3, -0.25) is 10.0 Å². The van der Waals surface area contributed by atoms with Crippen LogP contribution in [0, 0.1) is 5.92 Å². The summed E-state index contributed by atoms with van der Waals surface area (Å²) in [5, 5.41) is 9.06. The molecule has 1 saturated carbocycles. The first kappa shape index (κ1) is 14.7. The van der Waals surface area contributed by atoms with E-state index in [2.05, 4.69) is 4.98 Å². The van der Waals surface area contributed by atoms with Gasteiger partial charge in [0.25, 0.3) is 0 Å². The lowest BCUT2D eigenvalue weighted by Gasteiger charge is -2.03. The van der Waals surface area contributed by atoms with Gasteiger partial charge < -0.3 is 4.42 Å². The van der Waals surface area contributed by atoms with Crippen molar-refractivity contribution in [3.8, 4) is 11.3 Å². The first-order chi connectivity index (χ1) is 11.8. The molecule has 3 atom stereocenters. The zero-order valence-electron chi connectivity index (χ0n) is 12.8. The van der Waals surface area contributed by atoms with Crippen molar-refractivity contribution < 1.29 is 14.4 Å². The maximum Gasteiger partial charge on any atom is 0.247 e. The van der Waals surface area contributed by atoms with Crippen LogP contribution in [-0.4, -0.2) is 16.1 Å². The van der Waals surface area contributed by atoms with Crippen molar-refractivity contribution in [2.24, 2.45) is 5.92 Å². The number of hydrogen-bond acceptors (Lipinski definition) is 4. The Kier molecular flexibility index (Phi) is 3.63. The largest absolute Gasteiger partial charge is 0.444 e. The van der Waals surface area contributed by atoms with Crippen LogP contribution in [0.1, 0.15) is 23.0 Å². The van der Waals surface area contributed by atoms with Gasteiger partial charge in [-0.25, -0.2) is 10.5 Å². The molecule has 1 aromatic heterocycles. The number of amides is 1. The normalized spacial score (nSPS) is 22.1. The highest BCUT2D eigenvalue weighted by Gasteiger charge is 2.56. The molecule has 0 aliphatic heterocycles. The maximum atomic E-state index is 12.1. The molecule has 3 aromatic rings. The molecule has 4 rings (SSSR count). The highest BCUT2D eigenvalue weighted by molar-refractivity contribution is 5.84. The Balaban J connectivity index is 1.69. The molecule has 0 radical (unpaired) electrons. The van der Waals surface area contributed by atoms with Crippen LogP contribution < -0.4 is 5.48 Å². The minimum atomic E-state index is -0.348. The monoisotopic (exact) mass is 320 g/mol. The molecule has 1 aliphatic rings. The first-order valence-electron chi connectivity index (χ1n) is 7.77. The summed E-state index contributed by atoms with van der Waals surface area (Å²) in [6, 6.07) is 17.8. The molecule has 1 heterocycles. The van der Waals surface area contributed by atoms with E-state index < -0.39 is 0 Å². The molecule has 2 N–H and O–H groups in total. The van der Waals surface area contributed by atoms with Crippen molar-refractivity contribution in [1.29, 1.82) is 0 Å². The predicted octanol–water partition coefficient (Wildman–Crippen LogP) is 3.34. The quantitative estimate of drug-likeness (QED) is 0.571. The number of nitrogens with one attached hydrogen (secondary N) is 1. The summed E-state index contributed by atoms with van der Waals surface area (Å²) in [5.74, 6) is 0.156. The van der Waals surface area contributed by atoms with Crippen molar-refractivity contribution >= 4 is 5.91 Å². The van der Waals surface area contributed by atoms with Crippen LogP contribution in [0.15, 0.2) is 71.6 Å². The number of oxazole rings is 1. The molecule has 2 aromatic carbocycles. The number of carbonyl (C=O) groups is 1. The highest BCUT2D eigenvalue weighted by atomic mass is 16.5. The van der Waals surface area contributed by atoms with E-state index in [-0.39, 0.29) is 23.7 Å². The van der Waals surface area contributed by atoms with Gasteiger partial charge >= 0.3 is 0 Å². The highest BCUT2D eigenvalue weighted by Crippen LogP contribution is 2.60. The summed E-state index contributed by atoms with van der Waals surface area (Å²) in [6.45, 7) is 0. The summed E-state index contributed by atoms with van der Waals surface area (Å²) in [7, 11) is 0. The van der Waals surface area contributed by atoms with E-state index >= 15 is 0 Å². The van der Waals surface area contributed by atoms with Gasteiger partial charge in [-0.05, 0) is 17.2 Å². The fraction of sp³-hybridized carbons (Fsp3) is 0.158. The summed E-state index contributed by atoms with van der Waals surface area (Å²) in [6.07, 6.45) is 3.06. The lowest BCUT2D eigenvalue weighted by Crippen LogP contribution is -2.21. The smallest absolute Gasteiger partial charge is 0.247 e. The maximum absolute atomic E-state index is 12.1. The summed E-state index contributed by atoms with van der Waals surface area (Å²) in [4.78, 5) is 16.0. The predicted molar refractivity (Wildman–Crippen MR) is 87.3 cm³/mol. The number of hydroxylamine groups is 1. The van der Waals surface area contributed by atoms with Crippen molar-refractivity contribution in [3.05, 3.63) is 78.3 Å². The lowest BCUT2D eigenvalue weighted by atomic mass is 10.0. The van der Waals surface area contributed by atoms with Crippen molar-refractivity contribution in [3.63, 3.8) is 0 Å². The molecule has 5 nitrogen and oxygen atoms in total. The van der Waals surface area contributed by atoms with Crippen LogP contribution in [0.2, 0.25) is 0 Å². The molecule has 0 spiro atoms. The molecule has 120 valence electrons. The van der Waals surface area contributed by atoms with Crippen molar-refractivity contribution in [2.75, 3.05) is 0 Å². The molecular formula is C19H16N2O3. The first-order valence-corrected chi connectivity index (χ1v) is 7.77. The van der Waals surface area contributed by atoms with Crippen LogP contribution >= 0.6 is 0 Å². The Bertz CT molecular complexity index is 846. The molecule has 5 heteroatoms. The van der Waals surface area contributed by atoms with Gasteiger partial charge in [-0.2, -0.15) is 0 Å². The Hall–Kier alpha value is -2.92. The Morgan fingerprint density at radius 2 is 1.79 bits per heavy atom. The Morgan fingerprint density at radius 1 is 1.04 bits per heavy atom. The second-order valence-corrected chi connectivity index (χ2v) is 5.96. The minimum absolute atomic E-state index is 0.0300. The molecular weight excluding hydrogens is 304 g/mol. The van der Waals surface area contributed by atoms with Crippen molar-refractivity contribution in [1.82, 2.24) is 10.5 Å². The summed E-state index contributed by atoms with van der Waals surface area (Å²) in [5.41, 5.74) is 4.87. The number of nitrogens with zero attached hydrogens (tertiary/aromatic N) is 1. The van der Waals surface area contributed by atoms with Gasteiger partial charge in [0.15, 0.2) is 12.2 Å². The molecule has 1 amide bonds. The van der Waals surface area contributed by atoms with Gasteiger partial charge in [0.05, 0.1) is 12.1 Å². The van der Waals surface area contributed by atoms with Gasteiger partial charge in [0, 0.05) is 17.4 Å². The Labute approximate surface area is 138 Å². The summed E-state index contributed by atoms with van der Waals surface area (Å²) < 4.78 is 5.35. The van der Waals surface area contributed by atoms with Gasteiger partial charge in [0.1, 0.15) is 0 Å². The van der Waals surface area contributed by atoms with Crippen LogP contribution in [-0.2, 0) is 4.79 Å². The second-order valence-electron chi connectivity index (χ2n) is 5.96. The van der Waals surface area contributed by atoms with Gasteiger partial charge in [-0.1, -0.05) is 48.5 Å². The average Bonchev–Trinajstić information content (AvgIpc) is 3.15. The molecule has 1 fully saturated rings.